The number of aryl methyl sites for hydroxylation is 1. The summed E-state index contributed by atoms with van der Waals surface area (Å²) < 4.78 is 15.5. The number of halogens is 1. The molecule has 1 aliphatic carbocycles. The van der Waals surface area contributed by atoms with Crippen molar-refractivity contribution in [2.75, 3.05) is 0 Å². The third-order valence-corrected chi connectivity index (χ3v) is 5.11. The van der Waals surface area contributed by atoms with Crippen LogP contribution in [0.15, 0.2) is 47.3 Å². The van der Waals surface area contributed by atoms with Gasteiger partial charge in [-0.3, -0.25) is 9.36 Å². The normalized spacial score (nSPS) is 15.6. The molecule has 128 valence electrons. The van der Waals surface area contributed by atoms with Crippen molar-refractivity contribution in [1.82, 2.24) is 9.55 Å². The Kier molecular flexibility index (Phi) is 4.12. The first kappa shape index (κ1) is 16.0. The van der Waals surface area contributed by atoms with Gasteiger partial charge in [-0.05, 0) is 31.9 Å². The van der Waals surface area contributed by atoms with Crippen molar-refractivity contribution in [3.8, 4) is 11.4 Å². The summed E-state index contributed by atoms with van der Waals surface area (Å²) in [5.74, 6) is 0.277. The Morgan fingerprint density at radius 3 is 2.48 bits per heavy atom. The molecule has 1 saturated carbocycles. The molecule has 3 nitrogen and oxygen atoms in total. The monoisotopic (exact) mass is 336 g/mol. The van der Waals surface area contributed by atoms with E-state index in [0.29, 0.717) is 16.7 Å². The van der Waals surface area contributed by atoms with E-state index in [1.54, 1.807) is 6.07 Å². The van der Waals surface area contributed by atoms with Crippen LogP contribution in [-0.2, 0) is 0 Å². The number of hydrogen-bond acceptors (Lipinski definition) is 2. The van der Waals surface area contributed by atoms with Crippen molar-refractivity contribution in [3.63, 3.8) is 0 Å². The van der Waals surface area contributed by atoms with E-state index in [2.05, 4.69) is 0 Å². The van der Waals surface area contributed by atoms with Crippen LogP contribution in [0.5, 0.6) is 0 Å². The van der Waals surface area contributed by atoms with E-state index < -0.39 is 0 Å². The van der Waals surface area contributed by atoms with E-state index in [-0.39, 0.29) is 17.4 Å². The van der Waals surface area contributed by atoms with Crippen molar-refractivity contribution in [1.29, 1.82) is 0 Å². The van der Waals surface area contributed by atoms with Crippen molar-refractivity contribution in [3.05, 3.63) is 64.2 Å². The van der Waals surface area contributed by atoms with Crippen LogP contribution in [0.25, 0.3) is 22.3 Å². The van der Waals surface area contributed by atoms with E-state index in [0.717, 1.165) is 36.8 Å². The maximum atomic E-state index is 13.7. The molecule has 0 atom stereocenters. The Morgan fingerprint density at radius 2 is 1.76 bits per heavy atom. The van der Waals surface area contributed by atoms with E-state index in [9.17, 15) is 9.18 Å². The summed E-state index contributed by atoms with van der Waals surface area (Å²) in [5.41, 5.74) is 2.42. The zero-order valence-electron chi connectivity index (χ0n) is 14.3. The first-order valence-electron chi connectivity index (χ1n) is 8.92. The molecule has 1 aliphatic rings. The number of rotatable bonds is 2. The number of aromatic nitrogens is 2. The fraction of sp³-hybridized carbons (Fsp3) is 0.333. The van der Waals surface area contributed by atoms with Crippen LogP contribution in [0.2, 0.25) is 0 Å². The van der Waals surface area contributed by atoms with Gasteiger partial charge in [-0.2, -0.15) is 0 Å². The summed E-state index contributed by atoms with van der Waals surface area (Å²) in [7, 11) is 0. The molecule has 1 aromatic heterocycles. The number of nitrogens with zero attached hydrogens (tertiary/aromatic N) is 2. The van der Waals surface area contributed by atoms with Gasteiger partial charge in [0.05, 0.1) is 10.9 Å². The third-order valence-electron chi connectivity index (χ3n) is 5.11. The molecule has 0 spiro atoms. The summed E-state index contributed by atoms with van der Waals surface area (Å²) in [6, 6.07) is 12.4. The van der Waals surface area contributed by atoms with Gasteiger partial charge >= 0.3 is 0 Å². The molecule has 2 aromatic carbocycles. The Morgan fingerprint density at radius 1 is 1.04 bits per heavy atom. The summed E-state index contributed by atoms with van der Waals surface area (Å²) >= 11 is 0. The van der Waals surface area contributed by atoms with Crippen LogP contribution in [0.1, 0.15) is 43.7 Å². The van der Waals surface area contributed by atoms with E-state index in [4.69, 9.17) is 4.98 Å². The zero-order chi connectivity index (χ0) is 17.4. The summed E-state index contributed by atoms with van der Waals surface area (Å²) in [4.78, 5) is 17.9. The largest absolute Gasteiger partial charge is 0.289 e. The topological polar surface area (TPSA) is 34.9 Å². The minimum atomic E-state index is -0.371. The van der Waals surface area contributed by atoms with Gasteiger partial charge in [0.15, 0.2) is 0 Å². The van der Waals surface area contributed by atoms with Crippen LogP contribution in [0, 0.1) is 12.7 Å². The molecule has 0 N–H and O–H groups in total. The van der Waals surface area contributed by atoms with Gasteiger partial charge in [0.1, 0.15) is 11.6 Å². The summed E-state index contributed by atoms with van der Waals surface area (Å²) in [6.45, 7) is 2.03. The molecule has 1 heterocycles. The SMILES string of the molecule is Cc1ccc(-c2nc3cc(F)ccc3c(=O)n2C2CCCCC2)cc1. The average Bonchev–Trinajstić information content (AvgIpc) is 2.62. The molecule has 0 amide bonds. The number of fused-ring (bicyclic) bond motifs is 1. The second-order valence-electron chi connectivity index (χ2n) is 6.93. The minimum Gasteiger partial charge on any atom is -0.289 e. The van der Waals surface area contributed by atoms with Crippen LogP contribution in [0.3, 0.4) is 0 Å². The lowest BCUT2D eigenvalue weighted by atomic mass is 9.94. The fourth-order valence-electron chi connectivity index (χ4n) is 3.76. The average molecular weight is 336 g/mol. The van der Waals surface area contributed by atoms with Gasteiger partial charge in [-0.15, -0.1) is 0 Å². The fourth-order valence-corrected chi connectivity index (χ4v) is 3.76. The Balaban J connectivity index is 2.00. The molecule has 0 aliphatic heterocycles. The highest BCUT2D eigenvalue weighted by atomic mass is 19.1. The lowest BCUT2D eigenvalue weighted by Gasteiger charge is -2.26. The third kappa shape index (κ3) is 2.97. The first-order valence-corrected chi connectivity index (χ1v) is 8.92. The Bertz CT molecular complexity index is 970. The van der Waals surface area contributed by atoms with Crippen molar-refractivity contribution < 1.29 is 4.39 Å². The zero-order valence-corrected chi connectivity index (χ0v) is 14.3. The maximum Gasteiger partial charge on any atom is 0.261 e. The molecule has 0 radical (unpaired) electrons. The molecule has 25 heavy (non-hydrogen) atoms. The quantitative estimate of drug-likeness (QED) is 0.659. The highest BCUT2D eigenvalue weighted by molar-refractivity contribution is 5.79. The molecule has 3 aromatic rings. The molecule has 4 rings (SSSR count). The standard InChI is InChI=1S/C21H21FN2O/c1-14-7-9-15(10-8-14)20-23-19-13-16(22)11-12-18(19)21(25)24(20)17-5-3-2-4-6-17/h7-13,17H,2-6H2,1H3. The van der Waals surface area contributed by atoms with E-state index in [1.165, 1.54) is 18.6 Å². The molecular formula is C21H21FN2O. The van der Waals surface area contributed by atoms with Crippen molar-refractivity contribution >= 4 is 10.9 Å². The second kappa shape index (κ2) is 6.43. The van der Waals surface area contributed by atoms with Crippen LogP contribution < -0.4 is 5.56 Å². The van der Waals surface area contributed by atoms with Gasteiger partial charge in [-0.25, -0.2) is 9.37 Å². The minimum absolute atomic E-state index is 0.0625. The first-order chi connectivity index (χ1) is 12.1. The summed E-state index contributed by atoms with van der Waals surface area (Å²) in [5, 5.41) is 0.489. The summed E-state index contributed by atoms with van der Waals surface area (Å²) in [6.07, 6.45) is 5.47. The molecule has 4 heteroatoms. The van der Waals surface area contributed by atoms with Gasteiger partial charge in [0.2, 0.25) is 0 Å². The second-order valence-corrected chi connectivity index (χ2v) is 6.93. The highest BCUT2D eigenvalue weighted by Crippen LogP contribution is 2.31. The van der Waals surface area contributed by atoms with Crippen LogP contribution >= 0.6 is 0 Å². The van der Waals surface area contributed by atoms with Crippen LogP contribution in [0.4, 0.5) is 4.39 Å². The maximum absolute atomic E-state index is 13.7. The molecule has 0 bridgehead atoms. The molecule has 0 saturated heterocycles. The predicted octanol–water partition coefficient (Wildman–Crippen LogP) is 5.02. The molecular weight excluding hydrogens is 315 g/mol. The smallest absolute Gasteiger partial charge is 0.261 e. The van der Waals surface area contributed by atoms with Crippen molar-refractivity contribution in [2.24, 2.45) is 0 Å². The van der Waals surface area contributed by atoms with E-state index >= 15 is 0 Å². The molecule has 1 fully saturated rings. The van der Waals surface area contributed by atoms with Gasteiger partial charge in [0.25, 0.3) is 5.56 Å². The number of benzene rings is 2. The highest BCUT2D eigenvalue weighted by Gasteiger charge is 2.22. The van der Waals surface area contributed by atoms with Crippen LogP contribution in [-0.4, -0.2) is 9.55 Å². The predicted molar refractivity (Wildman–Crippen MR) is 98.3 cm³/mol. The van der Waals surface area contributed by atoms with Gasteiger partial charge in [-0.1, -0.05) is 49.1 Å². The molecule has 0 unspecified atom stereocenters. The number of hydrogen-bond donors (Lipinski definition) is 0. The van der Waals surface area contributed by atoms with Crippen molar-refractivity contribution in [2.45, 2.75) is 45.1 Å². The lowest BCUT2D eigenvalue weighted by molar-refractivity contribution is 0.348. The Labute approximate surface area is 146 Å². The lowest BCUT2D eigenvalue weighted by Crippen LogP contribution is -2.29. The Hall–Kier alpha value is -2.49. The van der Waals surface area contributed by atoms with Gasteiger partial charge in [0, 0.05) is 17.7 Å². The van der Waals surface area contributed by atoms with E-state index in [1.807, 2.05) is 35.8 Å². The van der Waals surface area contributed by atoms with Gasteiger partial charge < -0.3 is 0 Å².